The monoisotopic (exact) mass is 284 g/mol. The Morgan fingerprint density at radius 1 is 1.44 bits per heavy atom. The summed E-state index contributed by atoms with van der Waals surface area (Å²) in [6.45, 7) is 0. The van der Waals surface area contributed by atoms with E-state index < -0.39 is 11.8 Å². The highest BCUT2D eigenvalue weighted by atomic mass is 79.9. The van der Waals surface area contributed by atoms with E-state index in [1.54, 1.807) is 6.07 Å². The van der Waals surface area contributed by atoms with Crippen molar-refractivity contribution in [1.82, 2.24) is 9.78 Å². The second kappa shape index (κ2) is 4.05. The lowest BCUT2D eigenvalue weighted by molar-refractivity contribution is 0.0687. The van der Waals surface area contributed by atoms with Crippen LogP contribution in [0.1, 0.15) is 10.5 Å². The summed E-state index contributed by atoms with van der Waals surface area (Å²) in [6.07, 6.45) is 0. The zero-order valence-electron chi connectivity index (χ0n) is 7.89. The smallest absolute Gasteiger partial charge is 0.354 e. The zero-order chi connectivity index (χ0) is 11.7. The molecule has 0 bridgehead atoms. The fourth-order valence-electron chi connectivity index (χ4n) is 1.31. The Kier molecular flexibility index (Phi) is 2.74. The molecule has 6 heteroatoms. The van der Waals surface area contributed by atoms with Crippen LogP contribution in [-0.4, -0.2) is 20.9 Å². The number of benzene rings is 1. The summed E-state index contributed by atoms with van der Waals surface area (Å²) in [4.78, 5) is 10.9. The molecule has 0 unspecified atom stereocenters. The summed E-state index contributed by atoms with van der Waals surface area (Å²) in [5.74, 6) is -1.69. The van der Waals surface area contributed by atoms with E-state index in [2.05, 4.69) is 21.0 Å². The van der Waals surface area contributed by atoms with Crippen molar-refractivity contribution in [3.63, 3.8) is 0 Å². The molecular weight excluding hydrogens is 279 g/mol. The molecule has 0 radical (unpaired) electrons. The quantitative estimate of drug-likeness (QED) is 0.922. The van der Waals surface area contributed by atoms with Crippen molar-refractivity contribution in [1.29, 1.82) is 0 Å². The highest BCUT2D eigenvalue weighted by Gasteiger charge is 2.16. The predicted molar refractivity (Wildman–Crippen MR) is 58.2 cm³/mol. The first kappa shape index (κ1) is 10.8. The Hall–Kier alpha value is -1.69. The van der Waals surface area contributed by atoms with E-state index in [9.17, 15) is 9.18 Å². The van der Waals surface area contributed by atoms with Gasteiger partial charge in [-0.25, -0.2) is 13.9 Å². The molecule has 82 valence electrons. The maximum Gasteiger partial charge on any atom is 0.354 e. The van der Waals surface area contributed by atoms with E-state index in [1.807, 2.05) is 0 Å². The van der Waals surface area contributed by atoms with Gasteiger partial charge in [0.2, 0.25) is 0 Å². The molecule has 2 aromatic rings. The molecule has 1 aromatic carbocycles. The van der Waals surface area contributed by atoms with Gasteiger partial charge in [0.1, 0.15) is 16.1 Å². The lowest BCUT2D eigenvalue weighted by Gasteiger charge is -2.04. The average molecular weight is 285 g/mol. The van der Waals surface area contributed by atoms with Crippen LogP contribution in [0.5, 0.6) is 0 Å². The number of hydrogen-bond acceptors (Lipinski definition) is 2. The number of carbonyl (C=O) groups is 1. The third kappa shape index (κ3) is 1.83. The van der Waals surface area contributed by atoms with Gasteiger partial charge in [-0.15, -0.1) is 0 Å². The fraction of sp³-hybridized carbons (Fsp3) is 0. The third-order valence-electron chi connectivity index (χ3n) is 1.98. The van der Waals surface area contributed by atoms with E-state index in [0.717, 1.165) is 4.68 Å². The third-order valence-corrected chi connectivity index (χ3v) is 2.37. The van der Waals surface area contributed by atoms with Crippen LogP contribution in [0.2, 0.25) is 0 Å². The van der Waals surface area contributed by atoms with Gasteiger partial charge in [-0.2, -0.15) is 5.10 Å². The van der Waals surface area contributed by atoms with Crippen LogP contribution in [0.25, 0.3) is 5.69 Å². The number of para-hydroxylation sites is 1. The Morgan fingerprint density at radius 3 is 2.75 bits per heavy atom. The Balaban J connectivity index is 2.64. The second-order valence-corrected chi connectivity index (χ2v) is 3.83. The van der Waals surface area contributed by atoms with E-state index in [0.29, 0.717) is 4.60 Å². The number of aromatic carboxylic acids is 1. The Bertz CT molecular complexity index is 554. The summed E-state index contributed by atoms with van der Waals surface area (Å²) in [6, 6.07) is 7.16. The first-order chi connectivity index (χ1) is 7.59. The molecule has 1 N–H and O–H groups in total. The molecule has 0 aliphatic rings. The summed E-state index contributed by atoms with van der Waals surface area (Å²) < 4.78 is 14.8. The molecule has 0 saturated carbocycles. The standard InChI is InChI=1S/C10H6BrFN2O2/c11-9-5-8(10(15)16)14(13-9)7-4-2-1-3-6(7)12/h1-5H,(H,15,16). The van der Waals surface area contributed by atoms with E-state index in [-0.39, 0.29) is 11.4 Å². The molecule has 0 atom stereocenters. The SMILES string of the molecule is O=C(O)c1cc(Br)nn1-c1ccccc1F. The topological polar surface area (TPSA) is 55.1 Å². The minimum atomic E-state index is -1.17. The van der Waals surface area contributed by atoms with Gasteiger partial charge < -0.3 is 5.11 Å². The number of nitrogens with zero attached hydrogens (tertiary/aromatic N) is 2. The van der Waals surface area contributed by atoms with Gasteiger partial charge in [0, 0.05) is 6.07 Å². The Morgan fingerprint density at radius 2 is 2.12 bits per heavy atom. The highest BCUT2D eigenvalue weighted by molar-refractivity contribution is 9.10. The summed E-state index contributed by atoms with van der Waals surface area (Å²) in [5.41, 5.74) is 0.00238. The lowest BCUT2D eigenvalue weighted by Crippen LogP contribution is -2.09. The van der Waals surface area contributed by atoms with Crippen LogP contribution in [-0.2, 0) is 0 Å². The molecular formula is C10H6BrFN2O2. The molecule has 0 fully saturated rings. The predicted octanol–water partition coefficient (Wildman–Crippen LogP) is 2.47. The second-order valence-electron chi connectivity index (χ2n) is 3.02. The van der Waals surface area contributed by atoms with Gasteiger partial charge >= 0.3 is 5.97 Å². The number of carboxylic acid groups (broad SMARTS) is 1. The largest absolute Gasteiger partial charge is 0.477 e. The van der Waals surface area contributed by atoms with Crippen LogP contribution in [0.3, 0.4) is 0 Å². The molecule has 0 saturated heterocycles. The summed E-state index contributed by atoms with van der Waals surface area (Å²) in [7, 11) is 0. The molecule has 0 aliphatic carbocycles. The van der Waals surface area contributed by atoms with Gasteiger partial charge in [0.05, 0.1) is 0 Å². The maximum absolute atomic E-state index is 13.5. The summed E-state index contributed by atoms with van der Waals surface area (Å²) >= 11 is 3.06. The normalized spacial score (nSPS) is 10.4. The molecule has 1 heterocycles. The molecule has 2 rings (SSSR count). The number of halogens is 2. The number of rotatable bonds is 2. The number of hydrogen-bond donors (Lipinski definition) is 1. The van der Waals surface area contributed by atoms with Crippen LogP contribution in [0.15, 0.2) is 34.9 Å². The number of aromatic nitrogens is 2. The van der Waals surface area contributed by atoms with E-state index in [4.69, 9.17) is 5.11 Å². The zero-order valence-corrected chi connectivity index (χ0v) is 9.48. The van der Waals surface area contributed by atoms with Crippen molar-refractivity contribution in [3.05, 3.63) is 46.4 Å². The van der Waals surface area contributed by atoms with Crippen molar-refractivity contribution >= 4 is 21.9 Å². The van der Waals surface area contributed by atoms with Crippen molar-refractivity contribution in [2.75, 3.05) is 0 Å². The minimum Gasteiger partial charge on any atom is -0.477 e. The van der Waals surface area contributed by atoms with E-state index >= 15 is 0 Å². The molecule has 1 aromatic heterocycles. The van der Waals surface area contributed by atoms with Crippen LogP contribution in [0, 0.1) is 5.82 Å². The highest BCUT2D eigenvalue weighted by Crippen LogP contribution is 2.18. The molecule has 16 heavy (non-hydrogen) atoms. The first-order valence-electron chi connectivity index (χ1n) is 4.33. The van der Waals surface area contributed by atoms with Gasteiger partial charge in [-0.3, -0.25) is 0 Å². The van der Waals surface area contributed by atoms with Gasteiger partial charge in [-0.1, -0.05) is 12.1 Å². The van der Waals surface area contributed by atoms with Crippen LogP contribution >= 0.6 is 15.9 Å². The maximum atomic E-state index is 13.5. The minimum absolute atomic E-state index is 0.100. The molecule has 0 spiro atoms. The lowest BCUT2D eigenvalue weighted by atomic mass is 10.3. The van der Waals surface area contributed by atoms with Gasteiger partial charge in [0.15, 0.2) is 5.69 Å². The van der Waals surface area contributed by atoms with Crippen LogP contribution in [0.4, 0.5) is 4.39 Å². The molecule has 0 aliphatic heterocycles. The fourth-order valence-corrected chi connectivity index (χ4v) is 1.69. The molecule has 4 nitrogen and oxygen atoms in total. The summed E-state index contributed by atoms with van der Waals surface area (Å²) in [5, 5.41) is 12.8. The molecule has 0 amide bonds. The van der Waals surface area contributed by atoms with Crippen molar-refractivity contribution in [2.24, 2.45) is 0 Å². The average Bonchev–Trinajstić information content (AvgIpc) is 2.61. The van der Waals surface area contributed by atoms with Gasteiger partial charge in [0.25, 0.3) is 0 Å². The van der Waals surface area contributed by atoms with Crippen molar-refractivity contribution in [2.45, 2.75) is 0 Å². The van der Waals surface area contributed by atoms with E-state index in [1.165, 1.54) is 24.3 Å². The van der Waals surface area contributed by atoms with Crippen LogP contribution < -0.4 is 0 Å². The van der Waals surface area contributed by atoms with Crippen molar-refractivity contribution < 1.29 is 14.3 Å². The Labute approximate surface area is 98.4 Å². The van der Waals surface area contributed by atoms with Crippen molar-refractivity contribution in [3.8, 4) is 5.69 Å². The number of carboxylic acids is 1. The first-order valence-corrected chi connectivity index (χ1v) is 5.12. The van der Waals surface area contributed by atoms with Gasteiger partial charge in [-0.05, 0) is 28.1 Å².